The number of carbonyl (C=O) groups is 1. The van der Waals surface area contributed by atoms with Crippen molar-refractivity contribution in [3.05, 3.63) is 59.7 Å². The Hall–Kier alpha value is -2.27. The van der Waals surface area contributed by atoms with Crippen LogP contribution >= 0.6 is 0 Å². The van der Waals surface area contributed by atoms with E-state index in [0.717, 1.165) is 24.2 Å². The van der Waals surface area contributed by atoms with Crippen molar-refractivity contribution in [2.45, 2.75) is 24.3 Å². The molecule has 1 N–H and O–H groups in total. The average Bonchev–Trinajstić information content (AvgIpc) is 3.36. The highest BCUT2D eigenvalue weighted by molar-refractivity contribution is 5.93. The lowest BCUT2D eigenvalue weighted by molar-refractivity contribution is -0.0734. The Bertz CT molecular complexity index is 694. The van der Waals surface area contributed by atoms with Crippen molar-refractivity contribution in [2.75, 3.05) is 13.2 Å². The third-order valence-electron chi connectivity index (χ3n) is 4.23. The minimum Gasteiger partial charge on any atom is -0.376 e. The summed E-state index contributed by atoms with van der Waals surface area (Å²) in [6.07, 6.45) is 3.90. The average molecular weight is 295 g/mol. The first-order chi connectivity index (χ1) is 10.8. The highest BCUT2D eigenvalue weighted by Gasteiger charge is 2.42. The Morgan fingerprint density at radius 2 is 1.95 bits per heavy atom. The second-order valence-electron chi connectivity index (χ2n) is 5.97. The standard InChI is InChI=1S/C17H17N3O2/c21-16(14-8-9-18-15(19-14)12-6-7-12)20-17(10-22-11-17)13-4-2-1-3-5-13/h1-5,8-9,12H,6-7,10-11H2,(H,20,21). The molecule has 1 aromatic carbocycles. The number of rotatable bonds is 4. The number of ether oxygens (including phenoxy) is 1. The summed E-state index contributed by atoms with van der Waals surface area (Å²) in [5.74, 6) is 1.05. The molecule has 2 aliphatic rings. The summed E-state index contributed by atoms with van der Waals surface area (Å²) in [7, 11) is 0. The number of aromatic nitrogens is 2. The van der Waals surface area contributed by atoms with Crippen LogP contribution in [0.3, 0.4) is 0 Å². The first kappa shape index (κ1) is 13.4. The Morgan fingerprint density at radius 3 is 2.59 bits per heavy atom. The zero-order valence-electron chi connectivity index (χ0n) is 12.2. The van der Waals surface area contributed by atoms with Crippen LogP contribution in [0.2, 0.25) is 0 Å². The molecule has 1 saturated heterocycles. The molecule has 0 unspecified atom stereocenters. The molecule has 1 saturated carbocycles. The van der Waals surface area contributed by atoms with Crippen molar-refractivity contribution in [3.8, 4) is 0 Å². The van der Waals surface area contributed by atoms with Gasteiger partial charge in [-0.2, -0.15) is 0 Å². The predicted octanol–water partition coefficient (Wildman–Crippen LogP) is 2.01. The maximum Gasteiger partial charge on any atom is 0.270 e. The molecular weight excluding hydrogens is 278 g/mol. The van der Waals surface area contributed by atoms with Gasteiger partial charge in [-0.05, 0) is 24.5 Å². The van der Waals surface area contributed by atoms with Crippen LogP contribution < -0.4 is 5.32 Å². The molecule has 0 bridgehead atoms. The van der Waals surface area contributed by atoms with Crippen molar-refractivity contribution in [1.29, 1.82) is 0 Å². The summed E-state index contributed by atoms with van der Waals surface area (Å²) >= 11 is 0. The van der Waals surface area contributed by atoms with Gasteiger partial charge in [-0.15, -0.1) is 0 Å². The molecule has 2 fully saturated rings. The van der Waals surface area contributed by atoms with Gasteiger partial charge < -0.3 is 10.1 Å². The maximum atomic E-state index is 12.6. The summed E-state index contributed by atoms with van der Waals surface area (Å²) in [5, 5.41) is 3.09. The normalized spacial score (nSPS) is 19.3. The first-order valence-electron chi connectivity index (χ1n) is 7.56. The Balaban J connectivity index is 1.57. The highest BCUT2D eigenvalue weighted by Crippen LogP contribution is 2.37. The molecule has 5 nitrogen and oxygen atoms in total. The number of nitrogens with zero attached hydrogens (tertiary/aromatic N) is 2. The number of benzene rings is 1. The molecule has 0 spiro atoms. The van der Waals surface area contributed by atoms with Crippen LogP contribution in [0.15, 0.2) is 42.6 Å². The molecule has 112 valence electrons. The molecule has 1 aliphatic carbocycles. The van der Waals surface area contributed by atoms with Crippen molar-refractivity contribution in [3.63, 3.8) is 0 Å². The van der Waals surface area contributed by atoms with Crippen LogP contribution in [-0.2, 0) is 10.3 Å². The van der Waals surface area contributed by atoms with Crippen molar-refractivity contribution < 1.29 is 9.53 Å². The third-order valence-corrected chi connectivity index (χ3v) is 4.23. The van der Waals surface area contributed by atoms with Gasteiger partial charge in [-0.1, -0.05) is 30.3 Å². The quantitative estimate of drug-likeness (QED) is 0.937. The van der Waals surface area contributed by atoms with E-state index in [0.29, 0.717) is 24.8 Å². The summed E-state index contributed by atoms with van der Waals surface area (Å²) in [5.41, 5.74) is 1.05. The molecule has 0 atom stereocenters. The van der Waals surface area contributed by atoms with Gasteiger partial charge in [-0.3, -0.25) is 4.79 Å². The lowest BCUT2D eigenvalue weighted by Crippen LogP contribution is -2.59. The van der Waals surface area contributed by atoms with E-state index in [2.05, 4.69) is 15.3 Å². The summed E-state index contributed by atoms with van der Waals surface area (Å²) in [6, 6.07) is 11.6. The first-order valence-corrected chi connectivity index (χ1v) is 7.56. The van der Waals surface area contributed by atoms with E-state index in [9.17, 15) is 4.79 Å². The van der Waals surface area contributed by atoms with Crippen LogP contribution in [0.1, 0.15) is 40.6 Å². The highest BCUT2D eigenvalue weighted by atomic mass is 16.5. The minimum absolute atomic E-state index is 0.170. The van der Waals surface area contributed by atoms with E-state index in [1.54, 1.807) is 12.3 Å². The second kappa shape index (κ2) is 5.18. The number of hydrogen-bond donors (Lipinski definition) is 1. The van der Waals surface area contributed by atoms with Crippen molar-refractivity contribution in [2.24, 2.45) is 0 Å². The molecule has 5 heteroatoms. The lowest BCUT2D eigenvalue weighted by Gasteiger charge is -2.42. The number of carbonyl (C=O) groups excluding carboxylic acids is 1. The molecular formula is C17H17N3O2. The van der Waals surface area contributed by atoms with Gasteiger partial charge in [0, 0.05) is 12.1 Å². The number of nitrogens with one attached hydrogen (secondary N) is 1. The third kappa shape index (κ3) is 2.37. The van der Waals surface area contributed by atoms with E-state index in [1.165, 1.54) is 0 Å². The van der Waals surface area contributed by atoms with Crippen LogP contribution in [0.5, 0.6) is 0 Å². The van der Waals surface area contributed by atoms with E-state index < -0.39 is 5.54 Å². The summed E-state index contributed by atoms with van der Waals surface area (Å²) < 4.78 is 5.35. The predicted molar refractivity (Wildman–Crippen MR) is 80.4 cm³/mol. The van der Waals surface area contributed by atoms with Crippen molar-refractivity contribution >= 4 is 5.91 Å². The Morgan fingerprint density at radius 1 is 1.18 bits per heavy atom. The van der Waals surface area contributed by atoms with Gasteiger partial charge in [0.25, 0.3) is 5.91 Å². The van der Waals surface area contributed by atoms with Gasteiger partial charge in [0.15, 0.2) is 0 Å². The molecule has 4 rings (SSSR count). The number of hydrogen-bond acceptors (Lipinski definition) is 4. The maximum absolute atomic E-state index is 12.6. The van der Waals surface area contributed by atoms with Crippen molar-refractivity contribution in [1.82, 2.24) is 15.3 Å². The summed E-state index contributed by atoms with van der Waals surface area (Å²) in [4.78, 5) is 21.2. The smallest absolute Gasteiger partial charge is 0.270 e. The molecule has 0 radical (unpaired) electrons. The SMILES string of the molecule is O=C(NC1(c2ccccc2)COC1)c1ccnc(C2CC2)n1. The van der Waals surface area contributed by atoms with E-state index in [-0.39, 0.29) is 5.91 Å². The van der Waals surface area contributed by atoms with E-state index in [4.69, 9.17) is 4.74 Å². The zero-order valence-corrected chi connectivity index (χ0v) is 12.2. The molecule has 2 heterocycles. The van der Waals surface area contributed by atoms with Gasteiger partial charge >= 0.3 is 0 Å². The topological polar surface area (TPSA) is 64.1 Å². The summed E-state index contributed by atoms with van der Waals surface area (Å²) in [6.45, 7) is 0.979. The minimum atomic E-state index is -0.441. The van der Waals surface area contributed by atoms with Crippen LogP contribution in [0.25, 0.3) is 0 Å². The zero-order chi connectivity index (χ0) is 15.0. The van der Waals surface area contributed by atoms with Gasteiger partial charge in [0.05, 0.1) is 13.2 Å². The van der Waals surface area contributed by atoms with Gasteiger partial charge in [-0.25, -0.2) is 9.97 Å². The fourth-order valence-corrected chi connectivity index (χ4v) is 2.69. The fourth-order valence-electron chi connectivity index (χ4n) is 2.69. The molecule has 2 aromatic rings. The van der Waals surface area contributed by atoms with E-state index >= 15 is 0 Å². The van der Waals surface area contributed by atoms with E-state index in [1.807, 2.05) is 30.3 Å². The fraction of sp³-hybridized carbons (Fsp3) is 0.353. The van der Waals surface area contributed by atoms with Gasteiger partial charge in [0.1, 0.15) is 17.1 Å². The van der Waals surface area contributed by atoms with Crippen LogP contribution in [0.4, 0.5) is 0 Å². The Kier molecular flexibility index (Phi) is 3.15. The van der Waals surface area contributed by atoms with Crippen LogP contribution in [0, 0.1) is 0 Å². The largest absolute Gasteiger partial charge is 0.376 e. The van der Waals surface area contributed by atoms with Gasteiger partial charge in [0.2, 0.25) is 0 Å². The molecule has 1 aliphatic heterocycles. The van der Waals surface area contributed by atoms with Crippen LogP contribution in [-0.4, -0.2) is 29.1 Å². The number of amides is 1. The lowest BCUT2D eigenvalue weighted by atomic mass is 9.88. The second-order valence-corrected chi connectivity index (χ2v) is 5.97. The monoisotopic (exact) mass is 295 g/mol. The molecule has 1 aromatic heterocycles. The molecule has 1 amide bonds. The Labute approximate surface area is 128 Å². The molecule has 22 heavy (non-hydrogen) atoms.